The molecule has 0 aliphatic heterocycles. The molecule has 1 unspecified atom stereocenters. The lowest BCUT2D eigenvalue weighted by Crippen LogP contribution is -2.33. The minimum absolute atomic E-state index is 0.128. The molecule has 0 saturated heterocycles. The maximum Gasteiger partial charge on any atom is 0.126 e. The summed E-state index contributed by atoms with van der Waals surface area (Å²) in [5.74, 6) is 0.765. The molecule has 2 rings (SSSR count). The second-order valence-corrected chi connectivity index (χ2v) is 6.34. The van der Waals surface area contributed by atoms with Crippen molar-refractivity contribution < 1.29 is 4.39 Å². The minimum atomic E-state index is -0.128. The van der Waals surface area contributed by atoms with Gasteiger partial charge in [0.1, 0.15) is 5.82 Å². The quantitative estimate of drug-likeness (QED) is 0.735. The van der Waals surface area contributed by atoms with E-state index in [1.165, 1.54) is 11.0 Å². The number of hydrogen-bond acceptors (Lipinski definition) is 2. The summed E-state index contributed by atoms with van der Waals surface area (Å²) in [4.78, 5) is 1.18. The summed E-state index contributed by atoms with van der Waals surface area (Å²) >= 11 is 7.64. The van der Waals surface area contributed by atoms with Crippen LogP contribution in [0.5, 0.6) is 0 Å². The molecule has 0 aliphatic carbocycles. The molecule has 0 heterocycles. The van der Waals surface area contributed by atoms with E-state index < -0.39 is 0 Å². The molecule has 4 heteroatoms. The summed E-state index contributed by atoms with van der Waals surface area (Å²) in [5.41, 5.74) is 0.764. The minimum Gasteiger partial charge on any atom is -0.313 e. The van der Waals surface area contributed by atoms with Crippen LogP contribution in [0.1, 0.15) is 12.5 Å². The number of nitrogens with one attached hydrogen (secondary N) is 1. The highest BCUT2D eigenvalue weighted by atomic mass is 35.5. The summed E-state index contributed by atoms with van der Waals surface area (Å²) in [5, 5.41) is 4.17. The van der Waals surface area contributed by atoms with Crippen molar-refractivity contribution in [1.82, 2.24) is 5.32 Å². The van der Waals surface area contributed by atoms with Crippen LogP contribution >= 0.6 is 23.4 Å². The fourth-order valence-electron chi connectivity index (χ4n) is 2.14. The van der Waals surface area contributed by atoms with Crippen LogP contribution in [-0.4, -0.2) is 18.3 Å². The normalized spacial score (nSPS) is 12.3. The summed E-state index contributed by atoms with van der Waals surface area (Å²) in [6.07, 6.45) is 0.696. The van der Waals surface area contributed by atoms with Crippen molar-refractivity contribution in [3.8, 4) is 0 Å². The molecular formula is C17H19ClFNS. The van der Waals surface area contributed by atoms with Gasteiger partial charge in [-0.15, -0.1) is 11.8 Å². The number of halogens is 2. The van der Waals surface area contributed by atoms with E-state index >= 15 is 0 Å². The zero-order valence-corrected chi connectivity index (χ0v) is 13.6. The Morgan fingerprint density at radius 3 is 2.52 bits per heavy atom. The summed E-state index contributed by atoms with van der Waals surface area (Å²) in [6, 6.07) is 15.0. The lowest BCUT2D eigenvalue weighted by molar-refractivity contribution is 0.545. The van der Waals surface area contributed by atoms with Crippen LogP contribution < -0.4 is 5.32 Å². The van der Waals surface area contributed by atoms with Crippen molar-refractivity contribution in [3.05, 3.63) is 64.9 Å². The molecule has 21 heavy (non-hydrogen) atoms. The van der Waals surface area contributed by atoms with Gasteiger partial charge in [-0.1, -0.05) is 36.7 Å². The van der Waals surface area contributed by atoms with Gasteiger partial charge in [-0.25, -0.2) is 4.39 Å². The fourth-order valence-corrected chi connectivity index (χ4v) is 3.22. The first-order chi connectivity index (χ1) is 10.2. The molecule has 0 saturated carbocycles. The van der Waals surface area contributed by atoms with E-state index in [0.717, 1.165) is 22.9 Å². The van der Waals surface area contributed by atoms with Gasteiger partial charge in [-0.3, -0.25) is 0 Å². The van der Waals surface area contributed by atoms with Crippen LogP contribution in [0.2, 0.25) is 5.02 Å². The number of rotatable bonds is 7. The first-order valence-electron chi connectivity index (χ1n) is 7.04. The molecule has 0 amide bonds. The predicted molar refractivity (Wildman–Crippen MR) is 89.7 cm³/mol. The van der Waals surface area contributed by atoms with Gasteiger partial charge < -0.3 is 5.32 Å². The van der Waals surface area contributed by atoms with Crippen molar-refractivity contribution in [2.24, 2.45) is 0 Å². The highest BCUT2D eigenvalue weighted by molar-refractivity contribution is 7.99. The van der Waals surface area contributed by atoms with Crippen LogP contribution in [0.3, 0.4) is 0 Å². The van der Waals surface area contributed by atoms with E-state index in [1.807, 2.05) is 36.4 Å². The van der Waals surface area contributed by atoms with Crippen LogP contribution in [0.25, 0.3) is 0 Å². The third kappa shape index (κ3) is 5.34. The van der Waals surface area contributed by atoms with E-state index in [-0.39, 0.29) is 11.9 Å². The predicted octanol–water partition coefficient (Wildman–Crippen LogP) is 4.79. The molecule has 0 aliphatic rings. The molecule has 1 atom stereocenters. The number of benzene rings is 2. The van der Waals surface area contributed by atoms with Gasteiger partial charge in [-0.05, 0) is 48.9 Å². The Kier molecular flexibility index (Phi) is 6.55. The van der Waals surface area contributed by atoms with Gasteiger partial charge in [0, 0.05) is 21.7 Å². The Hall–Kier alpha value is -1.03. The SMILES string of the molecule is CCNC(CSc1ccc(Cl)cc1)Cc1ccccc1F. The number of thioether (sulfide) groups is 1. The summed E-state index contributed by atoms with van der Waals surface area (Å²) in [6.45, 7) is 2.95. The van der Waals surface area contributed by atoms with E-state index in [1.54, 1.807) is 17.8 Å². The molecule has 0 spiro atoms. The van der Waals surface area contributed by atoms with Crippen molar-refractivity contribution in [2.75, 3.05) is 12.3 Å². The molecule has 1 nitrogen and oxygen atoms in total. The molecular weight excluding hydrogens is 305 g/mol. The van der Waals surface area contributed by atoms with E-state index in [4.69, 9.17) is 11.6 Å². The highest BCUT2D eigenvalue weighted by Crippen LogP contribution is 2.22. The van der Waals surface area contributed by atoms with Crippen molar-refractivity contribution in [1.29, 1.82) is 0 Å². The third-order valence-corrected chi connectivity index (χ3v) is 4.61. The smallest absolute Gasteiger partial charge is 0.126 e. The van der Waals surface area contributed by atoms with Gasteiger partial charge in [-0.2, -0.15) is 0 Å². The van der Waals surface area contributed by atoms with Gasteiger partial charge in [0.15, 0.2) is 0 Å². The Morgan fingerprint density at radius 1 is 1.14 bits per heavy atom. The Balaban J connectivity index is 1.95. The lowest BCUT2D eigenvalue weighted by Gasteiger charge is -2.18. The molecule has 2 aromatic rings. The largest absolute Gasteiger partial charge is 0.313 e. The molecule has 1 N–H and O–H groups in total. The van der Waals surface area contributed by atoms with E-state index in [2.05, 4.69) is 12.2 Å². The van der Waals surface area contributed by atoms with Crippen LogP contribution in [0.4, 0.5) is 4.39 Å². The Labute approximate surface area is 134 Å². The second-order valence-electron chi connectivity index (χ2n) is 4.82. The molecule has 112 valence electrons. The van der Waals surface area contributed by atoms with Crippen molar-refractivity contribution in [2.45, 2.75) is 24.3 Å². The van der Waals surface area contributed by atoms with Gasteiger partial charge in [0.2, 0.25) is 0 Å². The Morgan fingerprint density at radius 2 is 1.86 bits per heavy atom. The van der Waals surface area contributed by atoms with Gasteiger partial charge in [0.05, 0.1) is 0 Å². The first kappa shape index (κ1) is 16.3. The van der Waals surface area contributed by atoms with Crippen molar-refractivity contribution in [3.63, 3.8) is 0 Å². The topological polar surface area (TPSA) is 12.0 Å². The number of hydrogen-bond donors (Lipinski definition) is 1. The van der Waals surface area contributed by atoms with Crippen LogP contribution in [0.15, 0.2) is 53.4 Å². The summed E-state index contributed by atoms with van der Waals surface area (Å²) in [7, 11) is 0. The monoisotopic (exact) mass is 323 g/mol. The molecule has 2 aromatic carbocycles. The maximum atomic E-state index is 13.7. The highest BCUT2D eigenvalue weighted by Gasteiger charge is 2.11. The second kappa shape index (κ2) is 8.42. The average Bonchev–Trinajstić information content (AvgIpc) is 2.49. The third-order valence-electron chi connectivity index (χ3n) is 3.18. The molecule has 0 bridgehead atoms. The zero-order valence-electron chi connectivity index (χ0n) is 12.0. The fraction of sp³-hybridized carbons (Fsp3) is 0.294. The standard InChI is InChI=1S/C17H19ClFNS/c1-2-20-15(11-13-5-3-4-6-17(13)19)12-21-16-9-7-14(18)8-10-16/h3-10,15,20H,2,11-12H2,1H3. The zero-order chi connectivity index (χ0) is 15.1. The molecule has 0 aromatic heterocycles. The van der Waals surface area contributed by atoms with Crippen LogP contribution in [-0.2, 0) is 6.42 Å². The van der Waals surface area contributed by atoms with E-state index in [9.17, 15) is 4.39 Å². The molecule has 0 radical (unpaired) electrons. The van der Waals surface area contributed by atoms with Crippen LogP contribution in [0, 0.1) is 5.82 Å². The lowest BCUT2D eigenvalue weighted by atomic mass is 10.1. The number of likely N-dealkylation sites (N-methyl/N-ethyl adjacent to an activating group) is 1. The van der Waals surface area contributed by atoms with Gasteiger partial charge in [0.25, 0.3) is 0 Å². The Bertz CT molecular complexity index is 559. The van der Waals surface area contributed by atoms with Gasteiger partial charge >= 0.3 is 0 Å². The summed E-state index contributed by atoms with van der Waals surface area (Å²) < 4.78 is 13.7. The first-order valence-corrected chi connectivity index (χ1v) is 8.40. The molecule has 0 fully saturated rings. The maximum absolute atomic E-state index is 13.7. The van der Waals surface area contributed by atoms with Crippen molar-refractivity contribution >= 4 is 23.4 Å². The van der Waals surface area contributed by atoms with E-state index in [0.29, 0.717) is 6.42 Å². The average molecular weight is 324 g/mol.